The third-order valence-corrected chi connectivity index (χ3v) is 4.65. The molecule has 2 rings (SSSR count). The normalized spacial score (nSPS) is 17.8. The van der Waals surface area contributed by atoms with Gasteiger partial charge in [-0.25, -0.2) is 0 Å². The highest BCUT2D eigenvalue weighted by Gasteiger charge is 2.24. The Morgan fingerprint density at radius 3 is 2.30 bits per heavy atom. The largest absolute Gasteiger partial charge is 0.371 e. The summed E-state index contributed by atoms with van der Waals surface area (Å²) in [7, 11) is 4.30. The Balaban J connectivity index is 1.78. The van der Waals surface area contributed by atoms with E-state index in [2.05, 4.69) is 73.4 Å². The maximum Gasteiger partial charge on any atom is 0.0366 e. The van der Waals surface area contributed by atoms with Crippen LogP contribution in [0, 0.1) is 0 Å². The van der Waals surface area contributed by atoms with E-state index in [-0.39, 0.29) is 5.54 Å². The summed E-state index contributed by atoms with van der Waals surface area (Å²) in [6, 6.07) is 11.4. The Bertz CT molecular complexity index is 392. The standard InChI is InChI=1S/C17H29N3/c1-17(2,19(3)4)14-18-15-10-12-20(13-11-15)16-8-6-5-7-9-16/h5-9,15,18H,10-14H2,1-4H3. The van der Waals surface area contributed by atoms with Crippen LogP contribution >= 0.6 is 0 Å². The van der Waals surface area contributed by atoms with Gasteiger partial charge >= 0.3 is 0 Å². The molecule has 3 heteroatoms. The summed E-state index contributed by atoms with van der Waals surface area (Å²) < 4.78 is 0. The fourth-order valence-electron chi connectivity index (χ4n) is 2.53. The number of anilines is 1. The zero-order valence-electron chi connectivity index (χ0n) is 13.4. The molecule has 1 aliphatic heterocycles. The minimum atomic E-state index is 0.219. The van der Waals surface area contributed by atoms with Crippen LogP contribution in [0.3, 0.4) is 0 Å². The smallest absolute Gasteiger partial charge is 0.0366 e. The van der Waals surface area contributed by atoms with Crippen molar-refractivity contribution in [2.24, 2.45) is 0 Å². The van der Waals surface area contributed by atoms with Crippen LogP contribution in [-0.4, -0.2) is 50.2 Å². The molecule has 0 amide bonds. The molecule has 1 saturated heterocycles. The molecule has 1 aliphatic rings. The van der Waals surface area contributed by atoms with Gasteiger partial charge < -0.3 is 15.1 Å². The van der Waals surface area contributed by atoms with Gasteiger partial charge in [-0.2, -0.15) is 0 Å². The van der Waals surface area contributed by atoms with Crippen molar-refractivity contribution in [3.05, 3.63) is 30.3 Å². The van der Waals surface area contributed by atoms with Crippen LogP contribution in [0.1, 0.15) is 26.7 Å². The zero-order valence-corrected chi connectivity index (χ0v) is 13.4. The Morgan fingerprint density at radius 2 is 1.75 bits per heavy atom. The van der Waals surface area contributed by atoms with E-state index < -0.39 is 0 Å². The van der Waals surface area contributed by atoms with Gasteiger partial charge in [0.15, 0.2) is 0 Å². The van der Waals surface area contributed by atoms with Crippen molar-refractivity contribution in [2.75, 3.05) is 38.6 Å². The number of nitrogens with zero attached hydrogens (tertiary/aromatic N) is 2. The number of piperidine rings is 1. The van der Waals surface area contributed by atoms with E-state index >= 15 is 0 Å². The number of likely N-dealkylation sites (N-methyl/N-ethyl adjacent to an activating group) is 1. The Labute approximate surface area is 124 Å². The van der Waals surface area contributed by atoms with E-state index in [1.54, 1.807) is 0 Å². The molecular formula is C17H29N3. The molecule has 3 nitrogen and oxygen atoms in total. The second-order valence-corrected chi connectivity index (χ2v) is 6.68. The van der Waals surface area contributed by atoms with E-state index in [4.69, 9.17) is 0 Å². The van der Waals surface area contributed by atoms with Crippen molar-refractivity contribution in [1.82, 2.24) is 10.2 Å². The fraction of sp³-hybridized carbons (Fsp3) is 0.647. The summed E-state index contributed by atoms with van der Waals surface area (Å²) in [6.07, 6.45) is 2.47. The monoisotopic (exact) mass is 275 g/mol. The van der Waals surface area contributed by atoms with Gasteiger partial charge in [-0.3, -0.25) is 0 Å². The zero-order chi connectivity index (χ0) is 14.6. The summed E-state index contributed by atoms with van der Waals surface area (Å²) in [6.45, 7) is 7.95. The van der Waals surface area contributed by atoms with Gasteiger partial charge in [-0.05, 0) is 52.9 Å². The van der Waals surface area contributed by atoms with Gasteiger partial charge in [0.05, 0.1) is 0 Å². The predicted molar refractivity (Wildman–Crippen MR) is 87.4 cm³/mol. The van der Waals surface area contributed by atoms with E-state index in [0.29, 0.717) is 6.04 Å². The van der Waals surface area contributed by atoms with Crippen LogP contribution in [0.25, 0.3) is 0 Å². The summed E-state index contributed by atoms with van der Waals surface area (Å²) in [5.41, 5.74) is 1.58. The summed E-state index contributed by atoms with van der Waals surface area (Å²) in [4.78, 5) is 4.79. The molecule has 0 bridgehead atoms. The lowest BCUT2D eigenvalue weighted by Crippen LogP contribution is -2.51. The third-order valence-electron chi connectivity index (χ3n) is 4.65. The number of nitrogens with one attached hydrogen (secondary N) is 1. The number of benzene rings is 1. The van der Waals surface area contributed by atoms with Crippen LogP contribution in [0.5, 0.6) is 0 Å². The molecule has 0 aliphatic carbocycles. The average Bonchev–Trinajstić information content (AvgIpc) is 2.46. The van der Waals surface area contributed by atoms with Gasteiger partial charge in [-0.15, -0.1) is 0 Å². The van der Waals surface area contributed by atoms with Crippen LogP contribution < -0.4 is 10.2 Å². The van der Waals surface area contributed by atoms with Crippen molar-refractivity contribution in [3.8, 4) is 0 Å². The highest BCUT2D eigenvalue weighted by molar-refractivity contribution is 5.46. The molecule has 20 heavy (non-hydrogen) atoms. The first-order valence-corrected chi connectivity index (χ1v) is 7.70. The van der Waals surface area contributed by atoms with Crippen LogP contribution in [0.4, 0.5) is 5.69 Å². The van der Waals surface area contributed by atoms with Crippen LogP contribution in [0.15, 0.2) is 30.3 Å². The van der Waals surface area contributed by atoms with Crippen molar-refractivity contribution in [2.45, 2.75) is 38.3 Å². The molecule has 1 heterocycles. The molecule has 0 aromatic heterocycles. The summed E-state index contributed by atoms with van der Waals surface area (Å²) >= 11 is 0. The highest BCUT2D eigenvalue weighted by Crippen LogP contribution is 2.20. The van der Waals surface area contributed by atoms with E-state index in [1.165, 1.54) is 18.5 Å². The first-order chi connectivity index (χ1) is 9.49. The minimum Gasteiger partial charge on any atom is -0.371 e. The Morgan fingerprint density at radius 1 is 1.15 bits per heavy atom. The van der Waals surface area contributed by atoms with Crippen molar-refractivity contribution in [3.63, 3.8) is 0 Å². The maximum absolute atomic E-state index is 3.75. The van der Waals surface area contributed by atoms with Crippen molar-refractivity contribution in [1.29, 1.82) is 0 Å². The molecule has 0 saturated carbocycles. The topological polar surface area (TPSA) is 18.5 Å². The SMILES string of the molecule is CN(C)C(C)(C)CNC1CCN(c2ccccc2)CC1. The minimum absolute atomic E-state index is 0.219. The Hall–Kier alpha value is -1.06. The lowest BCUT2D eigenvalue weighted by Gasteiger charge is -2.38. The van der Waals surface area contributed by atoms with E-state index in [0.717, 1.165) is 19.6 Å². The molecule has 112 valence electrons. The van der Waals surface area contributed by atoms with Crippen molar-refractivity contribution >= 4 is 5.69 Å². The third kappa shape index (κ3) is 3.97. The second-order valence-electron chi connectivity index (χ2n) is 6.68. The number of rotatable bonds is 5. The summed E-state index contributed by atoms with van der Waals surface area (Å²) in [5.74, 6) is 0. The Kier molecular flexibility index (Phi) is 5.06. The molecule has 1 aromatic carbocycles. The lowest BCUT2D eigenvalue weighted by atomic mass is 10.0. The van der Waals surface area contributed by atoms with Gasteiger partial charge in [-0.1, -0.05) is 18.2 Å². The number of hydrogen-bond donors (Lipinski definition) is 1. The van der Waals surface area contributed by atoms with E-state index in [1.807, 2.05) is 0 Å². The van der Waals surface area contributed by atoms with E-state index in [9.17, 15) is 0 Å². The first kappa shape index (κ1) is 15.3. The molecule has 1 N–H and O–H groups in total. The first-order valence-electron chi connectivity index (χ1n) is 7.70. The van der Waals surface area contributed by atoms with Crippen molar-refractivity contribution < 1.29 is 0 Å². The highest BCUT2D eigenvalue weighted by atomic mass is 15.2. The summed E-state index contributed by atoms with van der Waals surface area (Å²) in [5, 5.41) is 3.75. The molecule has 0 atom stereocenters. The van der Waals surface area contributed by atoms with Gasteiger partial charge in [0.1, 0.15) is 0 Å². The molecular weight excluding hydrogens is 246 g/mol. The molecule has 0 radical (unpaired) electrons. The fourth-order valence-corrected chi connectivity index (χ4v) is 2.53. The van der Waals surface area contributed by atoms with Gasteiger partial charge in [0, 0.05) is 36.9 Å². The second kappa shape index (κ2) is 6.59. The van der Waals surface area contributed by atoms with Gasteiger partial charge in [0.25, 0.3) is 0 Å². The average molecular weight is 275 g/mol. The van der Waals surface area contributed by atoms with Gasteiger partial charge in [0.2, 0.25) is 0 Å². The number of hydrogen-bond acceptors (Lipinski definition) is 3. The predicted octanol–water partition coefficient (Wildman–Crippen LogP) is 2.59. The molecule has 0 unspecified atom stereocenters. The molecule has 0 spiro atoms. The molecule has 1 fully saturated rings. The van der Waals surface area contributed by atoms with Crippen LogP contribution in [-0.2, 0) is 0 Å². The lowest BCUT2D eigenvalue weighted by molar-refractivity contribution is 0.181. The number of para-hydroxylation sites is 1. The quantitative estimate of drug-likeness (QED) is 0.891. The van der Waals surface area contributed by atoms with Crippen LogP contribution in [0.2, 0.25) is 0 Å². The maximum atomic E-state index is 3.75. The molecule has 1 aromatic rings.